The average Bonchev–Trinajstić information content (AvgIpc) is 2.47. The Kier molecular flexibility index (Phi) is 1.26. The number of hydrogen-bond donors (Lipinski definition) is 2. The first-order valence-corrected chi connectivity index (χ1v) is 3.78. The van der Waals surface area contributed by atoms with E-state index in [1.54, 1.807) is 0 Å². The molecule has 2 aliphatic heterocycles. The molecule has 1 amide bonds. The average molecular weight is 154 g/mol. The zero-order valence-corrected chi connectivity index (χ0v) is 6.09. The molecule has 0 aliphatic carbocycles. The number of β-lactam (4-membered cyclic amide) rings is 1. The van der Waals surface area contributed by atoms with Crippen LogP contribution in [-0.4, -0.2) is 30.3 Å². The summed E-state index contributed by atoms with van der Waals surface area (Å²) in [6.07, 6.45) is 2.46. The number of carbonyl (C=O) groups is 2. The Balaban J connectivity index is 2.08. The fourth-order valence-electron chi connectivity index (χ4n) is 1.70. The lowest BCUT2D eigenvalue weighted by molar-refractivity contribution is -0.134. The second kappa shape index (κ2) is 2.04. The quantitative estimate of drug-likeness (QED) is 0.368. The van der Waals surface area contributed by atoms with E-state index in [0.29, 0.717) is 6.54 Å². The van der Waals surface area contributed by atoms with Gasteiger partial charge in [0.05, 0.1) is 6.04 Å². The molecule has 60 valence electrons. The summed E-state index contributed by atoms with van der Waals surface area (Å²) in [5, 5.41) is 5.69. The lowest BCUT2D eigenvalue weighted by Gasteiger charge is -2.37. The third kappa shape index (κ3) is 0.790. The van der Waals surface area contributed by atoms with Gasteiger partial charge >= 0.3 is 0 Å². The van der Waals surface area contributed by atoms with E-state index in [0.717, 1.165) is 19.1 Å². The molecule has 2 N–H and O–H groups in total. The van der Waals surface area contributed by atoms with Gasteiger partial charge in [-0.3, -0.25) is 10.1 Å². The predicted molar refractivity (Wildman–Crippen MR) is 38.0 cm³/mol. The van der Waals surface area contributed by atoms with Crippen LogP contribution in [0.25, 0.3) is 0 Å². The lowest BCUT2D eigenvalue weighted by Crippen LogP contribution is -2.70. The highest BCUT2D eigenvalue weighted by atomic mass is 16.2. The Bertz CT molecular complexity index is 216. The Labute approximate surface area is 64.3 Å². The summed E-state index contributed by atoms with van der Waals surface area (Å²) in [5.74, 6) is 0.0434. The van der Waals surface area contributed by atoms with Crippen molar-refractivity contribution in [2.45, 2.75) is 24.4 Å². The third-order valence-electron chi connectivity index (χ3n) is 2.49. The van der Waals surface area contributed by atoms with Gasteiger partial charge in [-0.1, -0.05) is 0 Å². The number of carbonyl (C=O) groups excluding carboxylic acids is 2. The van der Waals surface area contributed by atoms with Crippen molar-refractivity contribution >= 4 is 12.2 Å². The van der Waals surface area contributed by atoms with Crippen LogP contribution >= 0.6 is 0 Å². The molecule has 0 aromatic carbocycles. The summed E-state index contributed by atoms with van der Waals surface area (Å²) in [6.45, 7) is 0.677. The fourth-order valence-corrected chi connectivity index (χ4v) is 1.70. The minimum Gasteiger partial charge on any atom is -0.352 e. The number of rotatable bonds is 1. The summed E-state index contributed by atoms with van der Waals surface area (Å²) >= 11 is 0. The predicted octanol–water partition coefficient (Wildman–Crippen LogP) is -1.19. The highest BCUT2D eigenvalue weighted by Crippen LogP contribution is 2.27. The van der Waals surface area contributed by atoms with Gasteiger partial charge in [-0.15, -0.1) is 0 Å². The maximum atomic E-state index is 11.0. The molecule has 0 bridgehead atoms. The fraction of sp³-hybridized carbons (Fsp3) is 0.714. The largest absolute Gasteiger partial charge is 0.352 e. The van der Waals surface area contributed by atoms with Gasteiger partial charge in [0, 0.05) is 6.54 Å². The van der Waals surface area contributed by atoms with Gasteiger partial charge in [0.25, 0.3) is 0 Å². The first kappa shape index (κ1) is 6.79. The molecular formula is C7H10N2O2. The first-order chi connectivity index (χ1) is 5.27. The van der Waals surface area contributed by atoms with E-state index >= 15 is 0 Å². The SMILES string of the molecule is O=CC1CCC2(CNC2=O)N1. The van der Waals surface area contributed by atoms with Crippen LogP contribution in [0.1, 0.15) is 12.8 Å². The molecule has 2 aliphatic rings. The maximum Gasteiger partial charge on any atom is 0.242 e. The van der Waals surface area contributed by atoms with Crippen molar-refractivity contribution in [3.05, 3.63) is 0 Å². The van der Waals surface area contributed by atoms with Gasteiger partial charge in [0.15, 0.2) is 0 Å². The monoisotopic (exact) mass is 154 g/mol. The maximum absolute atomic E-state index is 11.0. The molecule has 2 unspecified atom stereocenters. The molecule has 4 heteroatoms. The van der Waals surface area contributed by atoms with E-state index in [1.807, 2.05) is 0 Å². The van der Waals surface area contributed by atoms with Crippen molar-refractivity contribution in [2.75, 3.05) is 6.54 Å². The number of hydrogen-bond acceptors (Lipinski definition) is 3. The summed E-state index contributed by atoms with van der Waals surface area (Å²) in [6, 6.07) is -0.110. The number of amides is 1. The highest BCUT2D eigenvalue weighted by Gasteiger charge is 2.50. The van der Waals surface area contributed by atoms with Crippen molar-refractivity contribution < 1.29 is 9.59 Å². The molecule has 4 nitrogen and oxygen atoms in total. The summed E-state index contributed by atoms with van der Waals surface area (Å²) in [5.41, 5.74) is -0.383. The van der Waals surface area contributed by atoms with Crippen LogP contribution in [-0.2, 0) is 9.59 Å². The summed E-state index contributed by atoms with van der Waals surface area (Å²) in [7, 11) is 0. The van der Waals surface area contributed by atoms with Crippen LogP contribution in [0.2, 0.25) is 0 Å². The minimum absolute atomic E-state index is 0.0434. The van der Waals surface area contributed by atoms with E-state index < -0.39 is 0 Å². The molecule has 1 spiro atoms. The molecule has 0 aromatic heterocycles. The number of nitrogens with one attached hydrogen (secondary N) is 2. The van der Waals surface area contributed by atoms with Crippen LogP contribution < -0.4 is 10.6 Å². The molecule has 0 saturated carbocycles. The highest BCUT2D eigenvalue weighted by molar-refractivity contribution is 5.93. The van der Waals surface area contributed by atoms with E-state index in [4.69, 9.17) is 0 Å². The molecule has 2 heterocycles. The van der Waals surface area contributed by atoms with Crippen molar-refractivity contribution in [3.8, 4) is 0 Å². The summed E-state index contributed by atoms with van der Waals surface area (Å²) < 4.78 is 0. The van der Waals surface area contributed by atoms with Crippen LogP contribution in [0, 0.1) is 0 Å². The van der Waals surface area contributed by atoms with E-state index in [1.165, 1.54) is 0 Å². The van der Waals surface area contributed by atoms with Gasteiger partial charge in [-0.05, 0) is 12.8 Å². The second-order valence-corrected chi connectivity index (χ2v) is 3.19. The topological polar surface area (TPSA) is 58.2 Å². The van der Waals surface area contributed by atoms with Crippen LogP contribution in [0.5, 0.6) is 0 Å². The van der Waals surface area contributed by atoms with Gasteiger partial charge in [-0.2, -0.15) is 0 Å². The number of aldehydes is 1. The zero-order chi connectivity index (χ0) is 7.90. The standard InChI is InChI=1S/C7H10N2O2/c10-3-5-1-2-7(9-5)4-8-6(7)11/h3,5,9H,1-2,4H2,(H,8,11). The van der Waals surface area contributed by atoms with E-state index in [-0.39, 0.29) is 17.5 Å². The van der Waals surface area contributed by atoms with E-state index in [9.17, 15) is 9.59 Å². The van der Waals surface area contributed by atoms with Crippen molar-refractivity contribution in [2.24, 2.45) is 0 Å². The Morgan fingerprint density at radius 1 is 1.64 bits per heavy atom. The molecular weight excluding hydrogens is 144 g/mol. The Morgan fingerprint density at radius 3 is 2.73 bits per heavy atom. The Hall–Kier alpha value is -0.900. The Morgan fingerprint density at radius 2 is 2.45 bits per heavy atom. The van der Waals surface area contributed by atoms with Gasteiger partial charge in [0.2, 0.25) is 5.91 Å². The zero-order valence-electron chi connectivity index (χ0n) is 6.09. The molecule has 11 heavy (non-hydrogen) atoms. The third-order valence-corrected chi connectivity index (χ3v) is 2.49. The van der Waals surface area contributed by atoms with Crippen molar-refractivity contribution in [3.63, 3.8) is 0 Å². The van der Waals surface area contributed by atoms with Gasteiger partial charge in [-0.25, -0.2) is 0 Å². The smallest absolute Gasteiger partial charge is 0.242 e. The second-order valence-electron chi connectivity index (χ2n) is 3.19. The van der Waals surface area contributed by atoms with E-state index in [2.05, 4.69) is 10.6 Å². The molecule has 2 rings (SSSR count). The van der Waals surface area contributed by atoms with Crippen LogP contribution in [0.4, 0.5) is 0 Å². The van der Waals surface area contributed by atoms with Crippen molar-refractivity contribution in [1.82, 2.24) is 10.6 Å². The lowest BCUT2D eigenvalue weighted by atomic mass is 9.90. The molecule has 0 radical (unpaired) electrons. The minimum atomic E-state index is -0.383. The summed E-state index contributed by atoms with van der Waals surface area (Å²) in [4.78, 5) is 21.4. The van der Waals surface area contributed by atoms with Crippen LogP contribution in [0.3, 0.4) is 0 Å². The molecule has 2 saturated heterocycles. The van der Waals surface area contributed by atoms with Gasteiger partial charge in [0.1, 0.15) is 11.8 Å². The van der Waals surface area contributed by atoms with Crippen molar-refractivity contribution in [1.29, 1.82) is 0 Å². The first-order valence-electron chi connectivity index (χ1n) is 3.78. The molecule has 2 atom stereocenters. The molecule has 2 fully saturated rings. The normalized spacial score (nSPS) is 41.8. The van der Waals surface area contributed by atoms with Gasteiger partial charge < -0.3 is 10.1 Å². The van der Waals surface area contributed by atoms with Crippen LogP contribution in [0.15, 0.2) is 0 Å². The molecule has 0 aromatic rings.